The van der Waals surface area contributed by atoms with Gasteiger partial charge in [-0.25, -0.2) is 18.7 Å². The number of hydrogen-bond donors (Lipinski definition) is 0. The Morgan fingerprint density at radius 3 is 2.67 bits per heavy atom. The highest BCUT2D eigenvalue weighted by Gasteiger charge is 2.33. The Morgan fingerprint density at radius 1 is 1.12 bits per heavy atom. The van der Waals surface area contributed by atoms with Gasteiger partial charge in [-0.15, -0.1) is 0 Å². The van der Waals surface area contributed by atoms with Crippen LogP contribution >= 0.6 is 0 Å². The zero-order chi connectivity index (χ0) is 16.5. The van der Waals surface area contributed by atoms with E-state index in [9.17, 15) is 8.78 Å². The first-order chi connectivity index (χ1) is 11.7. The fourth-order valence-electron chi connectivity index (χ4n) is 2.65. The van der Waals surface area contributed by atoms with Crippen LogP contribution in [0.1, 0.15) is 17.4 Å². The molecule has 0 radical (unpaired) electrons. The molecule has 1 aliphatic heterocycles. The molecule has 2 aromatic heterocycles. The number of aromatic nitrogens is 4. The minimum absolute atomic E-state index is 0.0958. The first-order valence-corrected chi connectivity index (χ1v) is 7.46. The van der Waals surface area contributed by atoms with E-state index in [1.54, 1.807) is 18.5 Å². The summed E-state index contributed by atoms with van der Waals surface area (Å²) in [6.07, 6.45) is 3.22. The Balaban J connectivity index is 1.38. The molecule has 0 aliphatic carbocycles. The van der Waals surface area contributed by atoms with Crippen LogP contribution in [0.25, 0.3) is 11.6 Å². The summed E-state index contributed by atoms with van der Waals surface area (Å²) in [6.45, 7) is 1.77. The van der Waals surface area contributed by atoms with Gasteiger partial charge in [-0.2, -0.15) is 4.98 Å². The molecule has 3 aromatic rings. The zero-order valence-electron chi connectivity index (χ0n) is 12.6. The third-order valence-electron chi connectivity index (χ3n) is 3.92. The highest BCUT2D eigenvalue weighted by atomic mass is 19.1. The van der Waals surface area contributed by atoms with E-state index < -0.39 is 11.6 Å². The molecule has 4 rings (SSSR count). The molecule has 1 aliphatic rings. The molecular formula is C16H13F2N5O. The van der Waals surface area contributed by atoms with Crippen LogP contribution in [-0.4, -0.2) is 38.1 Å². The molecule has 1 aromatic carbocycles. The summed E-state index contributed by atoms with van der Waals surface area (Å²) in [5, 5.41) is 3.89. The maximum atomic E-state index is 13.7. The van der Waals surface area contributed by atoms with Gasteiger partial charge in [-0.05, 0) is 12.1 Å². The average molecular weight is 329 g/mol. The molecule has 1 saturated heterocycles. The van der Waals surface area contributed by atoms with Crippen LogP contribution in [-0.2, 0) is 6.54 Å². The molecule has 24 heavy (non-hydrogen) atoms. The Bertz CT molecular complexity index is 849. The number of nitrogens with zero attached hydrogens (tertiary/aromatic N) is 5. The minimum atomic E-state index is -0.570. The van der Waals surface area contributed by atoms with Gasteiger partial charge in [-0.3, -0.25) is 4.90 Å². The molecule has 0 amide bonds. The van der Waals surface area contributed by atoms with Gasteiger partial charge >= 0.3 is 0 Å². The standard InChI is InChI=1S/C16H13F2N5O/c17-12-3-2-10(13(18)6-12)7-23-8-11(9-23)16-21-15(22-24-16)14-19-4-1-5-20-14/h1-6,11H,7-9H2. The molecule has 0 N–H and O–H groups in total. The van der Waals surface area contributed by atoms with Gasteiger partial charge in [0.05, 0.1) is 5.92 Å². The van der Waals surface area contributed by atoms with E-state index in [4.69, 9.17) is 4.52 Å². The second-order valence-corrected chi connectivity index (χ2v) is 5.66. The van der Waals surface area contributed by atoms with Crippen LogP contribution in [0.4, 0.5) is 8.78 Å². The first kappa shape index (κ1) is 14.8. The number of benzene rings is 1. The van der Waals surface area contributed by atoms with Crippen molar-refractivity contribution in [1.29, 1.82) is 0 Å². The van der Waals surface area contributed by atoms with Gasteiger partial charge < -0.3 is 4.52 Å². The molecule has 3 heterocycles. The highest BCUT2D eigenvalue weighted by molar-refractivity contribution is 5.40. The van der Waals surface area contributed by atoms with Gasteiger partial charge in [0.15, 0.2) is 0 Å². The van der Waals surface area contributed by atoms with E-state index in [0.29, 0.717) is 42.7 Å². The molecular weight excluding hydrogens is 316 g/mol. The number of halogens is 2. The summed E-state index contributed by atoms with van der Waals surface area (Å²) in [7, 11) is 0. The lowest BCUT2D eigenvalue weighted by Crippen LogP contribution is -2.44. The minimum Gasteiger partial charge on any atom is -0.338 e. The van der Waals surface area contributed by atoms with Crippen molar-refractivity contribution in [2.75, 3.05) is 13.1 Å². The van der Waals surface area contributed by atoms with Crippen molar-refractivity contribution in [2.24, 2.45) is 0 Å². The maximum absolute atomic E-state index is 13.7. The summed E-state index contributed by atoms with van der Waals surface area (Å²) >= 11 is 0. The second-order valence-electron chi connectivity index (χ2n) is 5.66. The summed E-state index contributed by atoms with van der Waals surface area (Å²) in [5.41, 5.74) is 0.471. The molecule has 0 bridgehead atoms. The van der Waals surface area contributed by atoms with Crippen LogP contribution < -0.4 is 0 Å². The Hall–Kier alpha value is -2.74. The van der Waals surface area contributed by atoms with Crippen molar-refractivity contribution < 1.29 is 13.3 Å². The van der Waals surface area contributed by atoms with Crippen LogP contribution in [0.15, 0.2) is 41.2 Å². The predicted molar refractivity (Wildman–Crippen MR) is 79.7 cm³/mol. The summed E-state index contributed by atoms with van der Waals surface area (Å²) in [5.74, 6) is 0.288. The quantitative estimate of drug-likeness (QED) is 0.732. The van der Waals surface area contributed by atoms with E-state index in [0.717, 1.165) is 6.07 Å². The summed E-state index contributed by atoms with van der Waals surface area (Å²) in [6, 6.07) is 5.34. The van der Waals surface area contributed by atoms with Crippen molar-refractivity contribution >= 4 is 0 Å². The Kier molecular flexibility index (Phi) is 3.73. The monoisotopic (exact) mass is 329 g/mol. The third-order valence-corrected chi connectivity index (χ3v) is 3.92. The molecule has 0 unspecified atom stereocenters. The van der Waals surface area contributed by atoms with Gasteiger partial charge in [-0.1, -0.05) is 11.2 Å². The molecule has 0 spiro atoms. The average Bonchev–Trinajstić information content (AvgIpc) is 3.02. The molecule has 8 heteroatoms. The third kappa shape index (κ3) is 2.88. The maximum Gasteiger partial charge on any atom is 0.240 e. The van der Waals surface area contributed by atoms with Crippen molar-refractivity contribution in [3.05, 3.63) is 59.7 Å². The van der Waals surface area contributed by atoms with E-state index in [1.165, 1.54) is 12.1 Å². The fourth-order valence-corrected chi connectivity index (χ4v) is 2.65. The van der Waals surface area contributed by atoms with Crippen molar-refractivity contribution in [3.8, 4) is 11.6 Å². The van der Waals surface area contributed by atoms with Crippen molar-refractivity contribution in [3.63, 3.8) is 0 Å². The molecule has 0 saturated carbocycles. The largest absolute Gasteiger partial charge is 0.338 e. The van der Waals surface area contributed by atoms with Crippen LogP contribution in [0, 0.1) is 11.6 Å². The molecule has 0 atom stereocenters. The topological polar surface area (TPSA) is 67.9 Å². The first-order valence-electron chi connectivity index (χ1n) is 7.46. The molecule has 6 nitrogen and oxygen atoms in total. The van der Waals surface area contributed by atoms with Crippen LogP contribution in [0.3, 0.4) is 0 Å². The summed E-state index contributed by atoms with van der Waals surface area (Å²) in [4.78, 5) is 14.5. The summed E-state index contributed by atoms with van der Waals surface area (Å²) < 4.78 is 31.8. The van der Waals surface area contributed by atoms with Gasteiger partial charge in [0.1, 0.15) is 11.6 Å². The smallest absolute Gasteiger partial charge is 0.240 e. The van der Waals surface area contributed by atoms with E-state index >= 15 is 0 Å². The predicted octanol–water partition coefficient (Wildman–Crippen LogP) is 2.40. The second kappa shape index (κ2) is 6.04. The SMILES string of the molecule is Fc1ccc(CN2CC(c3nc(-c4ncccn4)no3)C2)c(F)c1. The van der Waals surface area contributed by atoms with Gasteiger partial charge in [0, 0.05) is 43.7 Å². The molecule has 122 valence electrons. The van der Waals surface area contributed by atoms with Crippen molar-refractivity contribution in [2.45, 2.75) is 12.5 Å². The molecule has 1 fully saturated rings. The van der Waals surface area contributed by atoms with Gasteiger partial charge in [0.2, 0.25) is 17.5 Å². The zero-order valence-corrected chi connectivity index (χ0v) is 12.6. The number of likely N-dealkylation sites (tertiary alicyclic amines) is 1. The van der Waals surface area contributed by atoms with Gasteiger partial charge in [0.25, 0.3) is 0 Å². The lowest BCUT2D eigenvalue weighted by molar-refractivity contribution is 0.116. The fraction of sp³-hybridized carbons (Fsp3) is 0.250. The van der Waals surface area contributed by atoms with E-state index in [2.05, 4.69) is 20.1 Å². The Morgan fingerprint density at radius 2 is 1.92 bits per heavy atom. The van der Waals surface area contributed by atoms with E-state index in [-0.39, 0.29) is 5.92 Å². The lowest BCUT2D eigenvalue weighted by Gasteiger charge is -2.37. The lowest BCUT2D eigenvalue weighted by atomic mass is 9.99. The Labute approximate surface area is 136 Å². The normalized spacial score (nSPS) is 15.4. The highest BCUT2D eigenvalue weighted by Crippen LogP contribution is 2.28. The van der Waals surface area contributed by atoms with Crippen molar-refractivity contribution in [1.82, 2.24) is 25.0 Å². The van der Waals surface area contributed by atoms with Crippen LogP contribution in [0.2, 0.25) is 0 Å². The van der Waals surface area contributed by atoms with E-state index in [1.807, 2.05) is 4.90 Å². The number of rotatable bonds is 4. The van der Waals surface area contributed by atoms with Crippen LogP contribution in [0.5, 0.6) is 0 Å². The number of hydrogen-bond acceptors (Lipinski definition) is 6.